The molecular formula is C24H43N3O2. The molecule has 5 heteroatoms. The molecule has 0 N–H and O–H groups in total. The number of hydrogen-bond acceptors (Lipinski definition) is 4. The first kappa shape index (κ1) is 25.5. The van der Waals surface area contributed by atoms with Gasteiger partial charge in [0.1, 0.15) is 6.29 Å². The number of piperidine rings is 1. The van der Waals surface area contributed by atoms with Gasteiger partial charge in [0.05, 0.1) is 17.8 Å². The van der Waals surface area contributed by atoms with Gasteiger partial charge in [0.2, 0.25) is 0 Å². The number of ketones is 1. The van der Waals surface area contributed by atoms with Crippen LogP contribution in [-0.2, 0) is 4.79 Å². The van der Waals surface area contributed by atoms with Crippen molar-refractivity contribution in [3.8, 4) is 0 Å². The zero-order valence-corrected chi connectivity index (χ0v) is 19.2. The molecule has 1 aromatic rings. The molecule has 0 aliphatic carbocycles. The number of rotatable bonds is 12. The van der Waals surface area contributed by atoms with Crippen LogP contribution in [0.5, 0.6) is 0 Å². The van der Waals surface area contributed by atoms with Gasteiger partial charge in [-0.05, 0) is 52.2 Å². The maximum absolute atomic E-state index is 11.1. The number of aldehydes is 1. The van der Waals surface area contributed by atoms with Crippen LogP contribution in [0, 0.1) is 5.92 Å². The molecule has 29 heavy (non-hydrogen) atoms. The third-order valence-electron chi connectivity index (χ3n) is 5.67. The minimum Gasteiger partial charge on any atom is -0.306 e. The number of nitrogens with zero attached hydrogens (tertiary/aromatic N) is 3. The molecule has 5 nitrogen and oxygen atoms in total. The van der Waals surface area contributed by atoms with E-state index in [1.165, 1.54) is 44.9 Å². The Morgan fingerprint density at radius 3 is 2.21 bits per heavy atom. The van der Waals surface area contributed by atoms with Crippen LogP contribution in [0.4, 0.5) is 0 Å². The zero-order chi connectivity index (χ0) is 21.5. The standard InChI is InChI=1S/C13H26O.C11H17N3O/c1-13(2)11-9-7-5-3-4-6-8-10-12-14;1-9(15)10-7-12-14(8-10)11-3-5-13(2)6-4-11/h12-13H,3-11H2,1-2H3;7-8,11H,3-6H2,1-2H3. The van der Waals surface area contributed by atoms with E-state index in [9.17, 15) is 9.59 Å². The quantitative estimate of drug-likeness (QED) is 0.254. The predicted molar refractivity (Wildman–Crippen MR) is 120 cm³/mol. The molecule has 166 valence electrons. The van der Waals surface area contributed by atoms with Crippen molar-refractivity contribution in [2.24, 2.45) is 5.92 Å². The SMILES string of the molecule is CC(=O)c1cnn(C2CCN(C)CC2)c1.CC(C)CCCCCCCCCC=O. The molecule has 0 atom stereocenters. The second kappa shape index (κ2) is 15.4. The number of carbonyl (C=O) groups is 2. The Hall–Kier alpha value is -1.49. The van der Waals surface area contributed by atoms with Crippen molar-refractivity contribution in [3.63, 3.8) is 0 Å². The zero-order valence-electron chi connectivity index (χ0n) is 19.2. The fourth-order valence-electron chi connectivity index (χ4n) is 3.64. The molecule has 1 fully saturated rings. The maximum Gasteiger partial charge on any atom is 0.162 e. The first-order valence-electron chi connectivity index (χ1n) is 11.6. The van der Waals surface area contributed by atoms with Crippen LogP contribution in [0.3, 0.4) is 0 Å². The first-order valence-corrected chi connectivity index (χ1v) is 11.6. The number of carbonyl (C=O) groups excluding carboxylic acids is 2. The molecule has 1 aliphatic heterocycles. The summed E-state index contributed by atoms with van der Waals surface area (Å²) in [7, 11) is 2.14. The van der Waals surface area contributed by atoms with Crippen LogP contribution >= 0.6 is 0 Å². The van der Waals surface area contributed by atoms with Crippen molar-refractivity contribution in [1.29, 1.82) is 0 Å². The van der Waals surface area contributed by atoms with Crippen LogP contribution < -0.4 is 0 Å². The van der Waals surface area contributed by atoms with Crippen LogP contribution in [-0.4, -0.2) is 46.9 Å². The summed E-state index contributed by atoms with van der Waals surface area (Å²) in [6.45, 7) is 8.38. The highest BCUT2D eigenvalue weighted by molar-refractivity contribution is 5.93. The first-order chi connectivity index (χ1) is 13.9. The van der Waals surface area contributed by atoms with Gasteiger partial charge in [-0.15, -0.1) is 0 Å². The molecule has 0 spiro atoms. The van der Waals surface area contributed by atoms with E-state index in [-0.39, 0.29) is 5.78 Å². The van der Waals surface area contributed by atoms with E-state index < -0.39 is 0 Å². The van der Waals surface area contributed by atoms with Gasteiger partial charge < -0.3 is 9.69 Å². The summed E-state index contributed by atoms with van der Waals surface area (Å²) in [6.07, 6.45) is 18.1. The minimum absolute atomic E-state index is 0.0918. The molecule has 0 saturated carbocycles. The lowest BCUT2D eigenvalue weighted by molar-refractivity contribution is -0.107. The summed E-state index contributed by atoms with van der Waals surface area (Å²) in [4.78, 5) is 23.5. The van der Waals surface area contributed by atoms with E-state index in [1.807, 2.05) is 10.9 Å². The van der Waals surface area contributed by atoms with Gasteiger partial charge in [-0.1, -0.05) is 58.8 Å². The summed E-state index contributed by atoms with van der Waals surface area (Å²) in [6, 6.07) is 0.467. The molecule has 2 rings (SSSR count). The third kappa shape index (κ3) is 11.9. The van der Waals surface area contributed by atoms with Gasteiger partial charge in [-0.2, -0.15) is 5.10 Å². The fraction of sp³-hybridized carbons (Fsp3) is 0.792. The number of unbranched alkanes of at least 4 members (excludes halogenated alkanes) is 7. The van der Waals surface area contributed by atoms with Gasteiger partial charge >= 0.3 is 0 Å². The van der Waals surface area contributed by atoms with Gasteiger partial charge in [-0.25, -0.2) is 0 Å². The van der Waals surface area contributed by atoms with Crippen molar-refractivity contribution < 1.29 is 9.59 Å². The average Bonchev–Trinajstić information content (AvgIpc) is 3.18. The molecular weight excluding hydrogens is 362 g/mol. The topological polar surface area (TPSA) is 55.2 Å². The van der Waals surface area contributed by atoms with Crippen LogP contribution in [0.1, 0.15) is 108 Å². The highest BCUT2D eigenvalue weighted by atomic mass is 16.1. The second-order valence-corrected chi connectivity index (χ2v) is 8.91. The number of aromatic nitrogens is 2. The Bertz CT molecular complexity index is 560. The molecule has 1 aromatic heterocycles. The summed E-state index contributed by atoms with van der Waals surface area (Å²) in [5, 5.41) is 4.26. The molecule has 0 unspecified atom stereocenters. The van der Waals surface area contributed by atoms with E-state index in [2.05, 4.69) is 30.9 Å². The number of hydrogen-bond donors (Lipinski definition) is 0. The van der Waals surface area contributed by atoms with E-state index in [0.29, 0.717) is 11.6 Å². The summed E-state index contributed by atoms with van der Waals surface area (Å²) in [5.74, 6) is 0.955. The Morgan fingerprint density at radius 2 is 1.69 bits per heavy atom. The molecule has 0 amide bonds. The van der Waals surface area contributed by atoms with E-state index in [1.54, 1.807) is 13.1 Å². The average molecular weight is 406 g/mol. The van der Waals surface area contributed by atoms with Crippen LogP contribution in [0.2, 0.25) is 0 Å². The van der Waals surface area contributed by atoms with Gasteiger partial charge in [0.15, 0.2) is 5.78 Å². The molecule has 2 heterocycles. The second-order valence-electron chi connectivity index (χ2n) is 8.91. The van der Waals surface area contributed by atoms with E-state index in [0.717, 1.165) is 51.0 Å². The van der Waals surface area contributed by atoms with Crippen LogP contribution in [0.15, 0.2) is 12.4 Å². The fourth-order valence-corrected chi connectivity index (χ4v) is 3.64. The largest absolute Gasteiger partial charge is 0.306 e. The Balaban J connectivity index is 0.000000291. The van der Waals surface area contributed by atoms with Crippen molar-refractivity contribution in [3.05, 3.63) is 18.0 Å². The van der Waals surface area contributed by atoms with Gasteiger partial charge in [0.25, 0.3) is 0 Å². The lowest BCUT2D eigenvalue weighted by Gasteiger charge is -2.28. The smallest absolute Gasteiger partial charge is 0.162 e. The lowest BCUT2D eigenvalue weighted by Crippen LogP contribution is -2.31. The number of likely N-dealkylation sites (tertiary alicyclic amines) is 1. The lowest BCUT2D eigenvalue weighted by atomic mass is 10.0. The van der Waals surface area contributed by atoms with E-state index >= 15 is 0 Å². The maximum atomic E-state index is 11.1. The van der Waals surface area contributed by atoms with Crippen molar-refractivity contribution in [2.45, 2.75) is 97.4 Å². The molecule has 1 saturated heterocycles. The third-order valence-corrected chi connectivity index (χ3v) is 5.67. The van der Waals surface area contributed by atoms with Gasteiger partial charge in [0, 0.05) is 12.6 Å². The normalized spacial score (nSPS) is 15.2. The van der Waals surface area contributed by atoms with Crippen molar-refractivity contribution in [2.75, 3.05) is 20.1 Å². The molecule has 0 bridgehead atoms. The molecule has 1 aliphatic rings. The predicted octanol–water partition coefficient (Wildman–Crippen LogP) is 5.70. The highest BCUT2D eigenvalue weighted by Crippen LogP contribution is 2.21. The van der Waals surface area contributed by atoms with Crippen molar-refractivity contribution in [1.82, 2.24) is 14.7 Å². The summed E-state index contributed by atoms with van der Waals surface area (Å²) < 4.78 is 1.95. The van der Waals surface area contributed by atoms with E-state index in [4.69, 9.17) is 0 Å². The Kier molecular flexibility index (Phi) is 13.5. The minimum atomic E-state index is 0.0918. The molecule has 0 aromatic carbocycles. The number of Topliss-reactive ketones (excluding diaryl/α,β-unsaturated/α-hetero) is 1. The molecule has 0 radical (unpaired) electrons. The Morgan fingerprint density at radius 1 is 1.10 bits per heavy atom. The highest BCUT2D eigenvalue weighted by Gasteiger charge is 2.19. The summed E-state index contributed by atoms with van der Waals surface area (Å²) >= 11 is 0. The monoisotopic (exact) mass is 405 g/mol. The Labute approximate surface area is 178 Å². The van der Waals surface area contributed by atoms with Crippen molar-refractivity contribution >= 4 is 12.1 Å². The summed E-state index contributed by atoms with van der Waals surface area (Å²) in [5.41, 5.74) is 0.717. The van der Waals surface area contributed by atoms with Gasteiger partial charge in [-0.3, -0.25) is 9.48 Å². The van der Waals surface area contributed by atoms with Crippen LogP contribution in [0.25, 0.3) is 0 Å².